The van der Waals surface area contributed by atoms with E-state index in [0.29, 0.717) is 0 Å². The number of unbranched alkanes of at least 4 members (excludes halogenated alkanes) is 6. The second kappa shape index (κ2) is 13.8. The molecule has 1 unspecified atom stereocenters. The average Bonchev–Trinajstić information content (AvgIpc) is 2.80. The first-order valence-electron chi connectivity index (χ1n) is 11.2. The highest BCUT2D eigenvalue weighted by Crippen LogP contribution is 2.43. The lowest BCUT2D eigenvalue weighted by Gasteiger charge is -2.36. The van der Waals surface area contributed by atoms with Crippen molar-refractivity contribution in [3.63, 3.8) is 0 Å². The fourth-order valence-electron chi connectivity index (χ4n) is 4.52. The summed E-state index contributed by atoms with van der Waals surface area (Å²) in [5, 5.41) is 0. The van der Waals surface area contributed by atoms with E-state index < -0.39 is 0 Å². The number of halogens is 1. The molecule has 0 aliphatic heterocycles. The first kappa shape index (κ1) is 24.8. The lowest BCUT2D eigenvalue weighted by Crippen LogP contribution is -2.29. The molecule has 0 fully saturated rings. The van der Waals surface area contributed by atoms with E-state index in [1.807, 2.05) is 0 Å². The maximum absolute atomic E-state index is 2.84. The van der Waals surface area contributed by atoms with E-state index in [9.17, 15) is 0 Å². The normalized spacial score (nSPS) is 11.1. The minimum absolute atomic E-state index is 0. The summed E-state index contributed by atoms with van der Waals surface area (Å²) in [6.45, 7) is 0. The molecule has 0 bridgehead atoms. The van der Waals surface area contributed by atoms with E-state index in [0.717, 1.165) is 6.42 Å². The van der Waals surface area contributed by atoms with Gasteiger partial charge in [0.05, 0.1) is 0 Å². The number of hydrogen-bond acceptors (Lipinski definition) is 0. The molecule has 30 heavy (non-hydrogen) atoms. The second-order valence-electron chi connectivity index (χ2n) is 8.02. The molecule has 0 saturated heterocycles. The Bertz CT molecular complexity index is 705. The third-order valence-electron chi connectivity index (χ3n) is 6.06. The molecule has 0 N–H and O–H groups in total. The van der Waals surface area contributed by atoms with Crippen molar-refractivity contribution in [3.8, 4) is 0 Å². The monoisotopic (exact) mass is 482 g/mol. The van der Waals surface area contributed by atoms with E-state index in [4.69, 9.17) is 0 Å². The van der Waals surface area contributed by atoms with Gasteiger partial charge >= 0.3 is 0 Å². The Kier molecular flexibility index (Phi) is 11.4. The molecule has 3 aromatic rings. The van der Waals surface area contributed by atoms with E-state index in [1.54, 1.807) is 0 Å². The first-order chi connectivity index (χ1) is 14.4. The summed E-state index contributed by atoms with van der Waals surface area (Å²) in [7, 11) is 2.84. The average molecular weight is 483 g/mol. The fraction of sp³-hybridized carbons (Fsp3) is 0.357. The molecule has 0 spiro atoms. The molecule has 0 nitrogen and oxygen atoms in total. The Hall–Kier alpha value is -1.43. The Morgan fingerprint density at radius 3 is 1.17 bits per heavy atom. The van der Waals surface area contributed by atoms with Crippen LogP contribution in [0.15, 0.2) is 91.0 Å². The Morgan fingerprint density at radius 1 is 0.467 bits per heavy atom. The molecule has 0 radical (unpaired) electrons. The number of benzene rings is 3. The molecule has 1 atom stereocenters. The van der Waals surface area contributed by atoms with Gasteiger partial charge in [-0.1, -0.05) is 130 Å². The van der Waals surface area contributed by atoms with Gasteiger partial charge in [0.15, 0.2) is 0 Å². The van der Waals surface area contributed by atoms with Crippen LogP contribution in [0.25, 0.3) is 0 Å². The minimum Gasteiger partial charge on any atom is -0.138 e. The van der Waals surface area contributed by atoms with Crippen LogP contribution in [0.4, 0.5) is 0 Å². The zero-order valence-corrected chi connectivity index (χ0v) is 20.9. The van der Waals surface area contributed by atoms with Gasteiger partial charge in [-0.25, -0.2) is 0 Å². The van der Waals surface area contributed by atoms with Crippen LogP contribution in [0.5, 0.6) is 0 Å². The van der Waals surface area contributed by atoms with Gasteiger partial charge in [-0.3, -0.25) is 0 Å². The van der Waals surface area contributed by atoms with Crippen molar-refractivity contribution in [1.82, 2.24) is 0 Å². The first-order valence-corrected chi connectivity index (χ1v) is 12.1. The van der Waals surface area contributed by atoms with Crippen LogP contribution in [0.2, 0.25) is 0 Å². The molecule has 160 valence electrons. The van der Waals surface area contributed by atoms with Crippen LogP contribution in [0.3, 0.4) is 0 Å². The van der Waals surface area contributed by atoms with Crippen molar-refractivity contribution in [2.45, 2.75) is 56.8 Å². The molecule has 2 heteroatoms. The number of rotatable bonds is 12. The van der Waals surface area contributed by atoms with Crippen LogP contribution in [-0.4, -0.2) is 6.16 Å². The minimum atomic E-state index is -0.0801. The van der Waals surface area contributed by atoms with Crippen molar-refractivity contribution in [3.05, 3.63) is 108 Å². The number of hydrogen-bond donors (Lipinski definition) is 0. The molecule has 3 aromatic carbocycles. The highest BCUT2D eigenvalue weighted by Gasteiger charge is 2.35. The van der Waals surface area contributed by atoms with Crippen LogP contribution in [0.1, 0.15) is 68.1 Å². The smallest absolute Gasteiger partial charge is 0.0451 e. The van der Waals surface area contributed by atoms with Crippen LogP contribution < -0.4 is 0 Å². The van der Waals surface area contributed by atoms with Crippen molar-refractivity contribution < 1.29 is 0 Å². The highest BCUT2D eigenvalue weighted by molar-refractivity contribution is 8.93. The molecule has 0 saturated carbocycles. The van der Waals surface area contributed by atoms with Gasteiger partial charge in [0.2, 0.25) is 0 Å². The topological polar surface area (TPSA) is 0 Å². The van der Waals surface area contributed by atoms with E-state index in [2.05, 4.69) is 100 Å². The molecule has 0 amide bonds. The maximum atomic E-state index is 2.84. The zero-order chi connectivity index (χ0) is 20.2. The Balaban J connectivity index is 0.00000320. The molecular weight excluding hydrogens is 447 g/mol. The van der Waals surface area contributed by atoms with E-state index in [-0.39, 0.29) is 22.4 Å². The SMILES string of the molecule is Br.PCCCCCCCCCC(c1ccccc1)(c1ccccc1)c1ccccc1. The fourth-order valence-corrected chi connectivity index (χ4v) is 4.81. The van der Waals surface area contributed by atoms with Gasteiger partial charge in [-0.05, 0) is 35.7 Å². The summed E-state index contributed by atoms with van der Waals surface area (Å²) in [4.78, 5) is 0. The predicted molar refractivity (Wildman–Crippen MR) is 141 cm³/mol. The van der Waals surface area contributed by atoms with Gasteiger partial charge in [0, 0.05) is 5.41 Å². The molecule has 0 heterocycles. The van der Waals surface area contributed by atoms with Crippen molar-refractivity contribution >= 4 is 26.2 Å². The molecular formula is C28H36BrP. The van der Waals surface area contributed by atoms with Gasteiger partial charge in [0.1, 0.15) is 0 Å². The summed E-state index contributed by atoms with van der Waals surface area (Å²) in [6.07, 6.45) is 11.8. The predicted octanol–water partition coefficient (Wildman–Crippen LogP) is 8.59. The van der Waals surface area contributed by atoms with Gasteiger partial charge in [-0.2, -0.15) is 0 Å². The Labute approximate surface area is 196 Å². The van der Waals surface area contributed by atoms with Crippen molar-refractivity contribution in [1.29, 1.82) is 0 Å². The molecule has 0 aliphatic rings. The van der Waals surface area contributed by atoms with E-state index >= 15 is 0 Å². The lowest BCUT2D eigenvalue weighted by molar-refractivity contribution is 0.497. The summed E-state index contributed by atoms with van der Waals surface area (Å²) in [6, 6.07) is 33.3. The van der Waals surface area contributed by atoms with Gasteiger partial charge in [0.25, 0.3) is 0 Å². The second-order valence-corrected chi connectivity index (χ2v) is 8.59. The van der Waals surface area contributed by atoms with E-state index in [1.165, 1.54) is 67.8 Å². The summed E-state index contributed by atoms with van der Waals surface area (Å²) >= 11 is 0. The molecule has 3 rings (SSSR count). The molecule has 0 aliphatic carbocycles. The van der Waals surface area contributed by atoms with Crippen LogP contribution in [-0.2, 0) is 5.41 Å². The third kappa shape index (κ3) is 6.53. The molecule has 0 aromatic heterocycles. The zero-order valence-electron chi connectivity index (χ0n) is 18.0. The lowest BCUT2D eigenvalue weighted by atomic mass is 9.66. The third-order valence-corrected chi connectivity index (χ3v) is 6.46. The Morgan fingerprint density at radius 2 is 0.800 bits per heavy atom. The summed E-state index contributed by atoms with van der Waals surface area (Å²) in [5.41, 5.74) is 4.12. The summed E-state index contributed by atoms with van der Waals surface area (Å²) in [5.74, 6) is 0. The van der Waals surface area contributed by atoms with Gasteiger partial charge < -0.3 is 0 Å². The standard InChI is InChI=1S/C28H35P.BrH/c29-24-16-5-3-1-2-4-15-23-28(25-17-9-6-10-18-25,26-19-11-7-12-20-26)27-21-13-8-14-22-27;/h6-14,17-22H,1-5,15-16,23-24,29H2;1H. The van der Waals surface area contributed by atoms with Crippen molar-refractivity contribution in [2.24, 2.45) is 0 Å². The highest BCUT2D eigenvalue weighted by atomic mass is 79.9. The van der Waals surface area contributed by atoms with Crippen LogP contribution in [0, 0.1) is 0 Å². The maximum Gasteiger partial charge on any atom is 0.0451 e. The van der Waals surface area contributed by atoms with Crippen molar-refractivity contribution in [2.75, 3.05) is 6.16 Å². The van der Waals surface area contributed by atoms with Crippen LogP contribution >= 0.6 is 26.2 Å². The quantitative estimate of drug-likeness (QED) is 0.137. The summed E-state index contributed by atoms with van der Waals surface area (Å²) < 4.78 is 0. The van der Waals surface area contributed by atoms with Gasteiger partial charge in [-0.15, -0.1) is 26.2 Å². The largest absolute Gasteiger partial charge is 0.138 e.